The maximum Gasteiger partial charge on any atom is 0.257 e. The molecule has 0 aromatic carbocycles. The number of likely N-dealkylation sites (tertiary alicyclic amines) is 1. The van der Waals surface area contributed by atoms with Crippen LogP contribution in [0.25, 0.3) is 0 Å². The Kier molecular flexibility index (Phi) is 10.0. The minimum Gasteiger partial charge on any atom is -0.391 e. The van der Waals surface area contributed by atoms with Crippen molar-refractivity contribution in [2.75, 3.05) is 6.54 Å². The lowest BCUT2D eigenvalue weighted by molar-refractivity contribution is -0.215. The summed E-state index contributed by atoms with van der Waals surface area (Å²) in [6.45, 7) is 23.1. The Morgan fingerprint density at radius 1 is 0.821 bits per heavy atom. The number of aliphatic hydroxyl groups is 1. The zero-order valence-corrected chi connectivity index (χ0v) is 27.5. The third-order valence-corrected chi connectivity index (χ3v) is 10.0. The monoisotopic (exact) mass is 548 g/mol. The van der Waals surface area contributed by atoms with Gasteiger partial charge in [0.25, 0.3) is 5.91 Å². The molecule has 5 nitrogen and oxygen atoms in total. The van der Waals surface area contributed by atoms with Gasteiger partial charge in [-0.25, -0.2) is 0 Å². The average Bonchev–Trinajstić information content (AvgIpc) is 2.95. The van der Waals surface area contributed by atoms with Gasteiger partial charge < -0.3 is 14.7 Å². The highest BCUT2D eigenvalue weighted by Crippen LogP contribution is 2.55. The van der Waals surface area contributed by atoms with E-state index < -0.39 is 17.4 Å². The van der Waals surface area contributed by atoms with Crippen molar-refractivity contribution in [3.63, 3.8) is 0 Å². The van der Waals surface area contributed by atoms with Gasteiger partial charge in [0, 0.05) is 36.0 Å². The first-order valence-corrected chi connectivity index (χ1v) is 16.4. The molecule has 2 heterocycles. The Bertz CT molecular complexity index is 795. The molecular weight excluding hydrogens is 484 g/mol. The lowest BCUT2D eigenvalue weighted by Crippen LogP contribution is -2.72. The summed E-state index contributed by atoms with van der Waals surface area (Å²) in [5.41, 5.74) is -1.84. The first-order valence-electron chi connectivity index (χ1n) is 16.4. The van der Waals surface area contributed by atoms with Gasteiger partial charge in [-0.05, 0) is 85.5 Å². The van der Waals surface area contributed by atoms with Crippen molar-refractivity contribution in [3.05, 3.63) is 0 Å². The SMILES string of the molecule is CCC(C)(C)N1C(C)(C)CC2(CC1(C)C)OC1(CCCCCCCCCCC1)N(CC(O)CC(C)(C)C)C2=O. The number of β-amino-alcohol motifs (C(OH)–C–C–N with tert-alkyl or cyclic N) is 1. The van der Waals surface area contributed by atoms with Gasteiger partial charge in [0.15, 0.2) is 5.60 Å². The first kappa shape index (κ1) is 32.9. The highest BCUT2D eigenvalue weighted by molar-refractivity contribution is 5.88. The lowest BCUT2D eigenvalue weighted by atomic mass is 9.68. The van der Waals surface area contributed by atoms with Crippen LogP contribution in [0.1, 0.15) is 166 Å². The van der Waals surface area contributed by atoms with Crippen LogP contribution >= 0.6 is 0 Å². The molecule has 5 heteroatoms. The van der Waals surface area contributed by atoms with Crippen molar-refractivity contribution >= 4 is 5.91 Å². The number of rotatable bonds is 5. The molecule has 3 fully saturated rings. The fraction of sp³-hybridized carbons (Fsp3) is 0.971. The maximum atomic E-state index is 14.8. The Morgan fingerprint density at radius 2 is 1.26 bits per heavy atom. The van der Waals surface area contributed by atoms with E-state index in [9.17, 15) is 9.90 Å². The molecule has 2 spiro atoms. The zero-order chi connectivity index (χ0) is 29.3. The van der Waals surface area contributed by atoms with Crippen LogP contribution in [0, 0.1) is 5.41 Å². The Labute approximate surface area is 241 Å². The molecule has 39 heavy (non-hydrogen) atoms. The third-order valence-electron chi connectivity index (χ3n) is 10.0. The van der Waals surface area contributed by atoms with Crippen molar-refractivity contribution in [2.45, 2.75) is 200 Å². The van der Waals surface area contributed by atoms with Crippen LogP contribution in [0.2, 0.25) is 0 Å². The zero-order valence-electron chi connectivity index (χ0n) is 27.5. The number of ether oxygens (including phenoxy) is 1. The van der Waals surface area contributed by atoms with Gasteiger partial charge in [0.2, 0.25) is 0 Å². The molecule has 1 saturated carbocycles. The first-order chi connectivity index (χ1) is 17.9. The Hall–Kier alpha value is -0.650. The Balaban J connectivity index is 2.03. The molecule has 1 atom stereocenters. The van der Waals surface area contributed by atoms with E-state index in [-0.39, 0.29) is 27.9 Å². The molecule has 1 aliphatic carbocycles. The van der Waals surface area contributed by atoms with E-state index in [1.54, 1.807) is 0 Å². The van der Waals surface area contributed by atoms with Gasteiger partial charge in [-0.3, -0.25) is 9.69 Å². The van der Waals surface area contributed by atoms with E-state index in [2.05, 4.69) is 79.0 Å². The summed E-state index contributed by atoms with van der Waals surface area (Å²) in [6, 6.07) is 0. The van der Waals surface area contributed by atoms with Crippen LogP contribution in [0.5, 0.6) is 0 Å². The topological polar surface area (TPSA) is 53.0 Å². The van der Waals surface area contributed by atoms with Gasteiger partial charge in [0.1, 0.15) is 5.72 Å². The van der Waals surface area contributed by atoms with Crippen molar-refractivity contribution in [3.8, 4) is 0 Å². The smallest absolute Gasteiger partial charge is 0.257 e. The second-order valence-corrected chi connectivity index (χ2v) is 16.5. The predicted molar refractivity (Wildman–Crippen MR) is 163 cm³/mol. The second-order valence-electron chi connectivity index (χ2n) is 16.5. The van der Waals surface area contributed by atoms with Gasteiger partial charge in [-0.15, -0.1) is 0 Å². The van der Waals surface area contributed by atoms with Crippen LogP contribution < -0.4 is 0 Å². The number of carbonyl (C=O) groups excluding carboxylic acids is 1. The number of piperidine rings is 1. The summed E-state index contributed by atoms with van der Waals surface area (Å²) in [4.78, 5) is 19.5. The van der Waals surface area contributed by atoms with E-state index in [0.29, 0.717) is 25.8 Å². The molecule has 3 rings (SSSR count). The number of hydrogen-bond donors (Lipinski definition) is 1. The summed E-state index contributed by atoms with van der Waals surface area (Å²) >= 11 is 0. The average molecular weight is 549 g/mol. The summed E-state index contributed by atoms with van der Waals surface area (Å²) in [6.07, 6.45) is 15.4. The summed E-state index contributed by atoms with van der Waals surface area (Å²) in [5.74, 6) is 0.137. The van der Waals surface area contributed by atoms with E-state index in [1.165, 1.54) is 44.9 Å². The normalized spacial score (nSPS) is 27.4. The van der Waals surface area contributed by atoms with Gasteiger partial charge in [-0.2, -0.15) is 0 Å². The van der Waals surface area contributed by atoms with Crippen molar-refractivity contribution in [1.82, 2.24) is 9.80 Å². The summed E-state index contributed by atoms with van der Waals surface area (Å²) in [7, 11) is 0. The number of carbonyl (C=O) groups is 1. The number of nitrogens with zero attached hydrogens (tertiary/aromatic N) is 2. The molecule has 1 amide bonds. The highest BCUT2D eigenvalue weighted by atomic mass is 16.6. The van der Waals surface area contributed by atoms with Gasteiger partial charge in [0.05, 0.1) is 6.10 Å². The van der Waals surface area contributed by atoms with E-state index in [4.69, 9.17) is 4.74 Å². The Morgan fingerprint density at radius 3 is 1.67 bits per heavy atom. The molecule has 2 saturated heterocycles. The van der Waals surface area contributed by atoms with Crippen LogP contribution in [0.4, 0.5) is 0 Å². The number of amides is 1. The van der Waals surface area contributed by atoms with E-state index in [0.717, 1.165) is 32.1 Å². The van der Waals surface area contributed by atoms with Crippen molar-refractivity contribution in [1.29, 1.82) is 0 Å². The lowest BCUT2D eigenvalue weighted by Gasteiger charge is -2.63. The van der Waals surface area contributed by atoms with Crippen LogP contribution in [-0.4, -0.2) is 61.4 Å². The molecule has 0 aromatic rings. The third kappa shape index (κ3) is 7.41. The molecule has 1 N–H and O–H groups in total. The second kappa shape index (κ2) is 11.9. The maximum absolute atomic E-state index is 14.8. The number of hydrogen-bond acceptors (Lipinski definition) is 4. The van der Waals surface area contributed by atoms with Crippen molar-refractivity contribution in [2.24, 2.45) is 5.41 Å². The predicted octanol–water partition coefficient (Wildman–Crippen LogP) is 8.22. The standard InChI is InChI=1S/C34H64N2O3/c1-11-30(5,6)36-31(7,8)25-33(26-32(36,9)10)28(38)35(24-27(37)23-29(2,3)4)34(39-33)21-19-17-15-13-12-14-16-18-20-22-34/h27,37H,11-26H2,1-10H3. The molecule has 228 valence electrons. The summed E-state index contributed by atoms with van der Waals surface area (Å²) < 4.78 is 7.38. The quantitative estimate of drug-likeness (QED) is 0.376. The van der Waals surface area contributed by atoms with Crippen LogP contribution in [-0.2, 0) is 9.53 Å². The van der Waals surface area contributed by atoms with Gasteiger partial charge in [-0.1, -0.05) is 72.6 Å². The molecule has 3 aliphatic rings. The minimum atomic E-state index is -0.841. The molecule has 0 bridgehead atoms. The highest BCUT2D eigenvalue weighted by Gasteiger charge is 2.67. The largest absolute Gasteiger partial charge is 0.391 e. The van der Waals surface area contributed by atoms with Crippen LogP contribution in [0.15, 0.2) is 0 Å². The molecule has 0 aromatic heterocycles. The molecular formula is C34H64N2O3. The van der Waals surface area contributed by atoms with Crippen LogP contribution in [0.3, 0.4) is 0 Å². The van der Waals surface area contributed by atoms with Gasteiger partial charge >= 0.3 is 0 Å². The van der Waals surface area contributed by atoms with E-state index >= 15 is 0 Å². The molecule has 2 aliphatic heterocycles. The fourth-order valence-electron chi connectivity index (χ4n) is 9.12. The van der Waals surface area contributed by atoms with E-state index in [1.807, 2.05) is 0 Å². The molecule has 0 radical (unpaired) electrons. The number of aliphatic hydroxyl groups excluding tert-OH is 1. The molecule has 1 unspecified atom stereocenters. The van der Waals surface area contributed by atoms with Crippen molar-refractivity contribution < 1.29 is 14.6 Å². The minimum absolute atomic E-state index is 0.00144. The summed E-state index contributed by atoms with van der Waals surface area (Å²) in [5, 5.41) is 11.3. The fourth-order valence-corrected chi connectivity index (χ4v) is 9.12.